The number of ether oxygens (including phenoxy) is 3. The van der Waals surface area contributed by atoms with Crippen molar-refractivity contribution in [3.63, 3.8) is 0 Å². The normalized spacial score (nSPS) is 19.7. The van der Waals surface area contributed by atoms with Gasteiger partial charge in [0.25, 0.3) is 0 Å². The number of aliphatic hydroxyl groups is 5. The van der Waals surface area contributed by atoms with E-state index in [1.165, 1.54) is 83.5 Å². The molecule has 1 rings (SSSR count). The number of nitrogens with one attached hydrogen (secondary N) is 1. The third-order valence-corrected chi connectivity index (χ3v) is 13.9. The lowest BCUT2D eigenvalue weighted by molar-refractivity contribution is -0.305. The molecule has 0 spiro atoms. The first-order valence-corrected chi connectivity index (χ1v) is 31.2. The molecule has 8 atom stereocenters. The molecule has 6 N–H and O–H groups in total. The molecule has 1 amide bonds. The standard InChI is InChI=1S/C67H113NO10/c1-4-7-10-13-16-19-22-25-27-29-30-31-33-34-36-39-42-45-48-51-54-60(71)66(75)68-58(59(70)53-50-47-44-41-38-24-21-18-15-12-9-6-3)57-76-67-65(64(74)63(73)61(56-69)77-67)78-62(72)55-52-49-46-43-40-37-35-32-28-26-23-20-17-14-11-8-5-2/h8,11,16-17,19-20,25-28,30-31,35,37,43,46,50,53,58-61,63-65,67,69-71,73-74H,4-7,9-10,12-15,18,21-24,29,32-34,36,38-42,44-45,47-49,51-52,54-57H2,1-3H3,(H,68,75)/b11-8-,19-16-,20-17-,27-25-,28-26-,31-30-,37-35-,46-43-,53-50+. The zero-order valence-corrected chi connectivity index (χ0v) is 49.2. The Labute approximate surface area is 475 Å². The minimum absolute atomic E-state index is 0.0389. The van der Waals surface area contributed by atoms with E-state index < -0.39 is 67.4 Å². The Morgan fingerprint density at radius 1 is 0.513 bits per heavy atom. The van der Waals surface area contributed by atoms with Crippen molar-refractivity contribution in [2.75, 3.05) is 13.2 Å². The van der Waals surface area contributed by atoms with Crippen LogP contribution in [-0.2, 0) is 23.8 Å². The summed E-state index contributed by atoms with van der Waals surface area (Å²) in [6, 6.07) is -1.05. The topological polar surface area (TPSA) is 175 Å². The average molecular weight is 1090 g/mol. The number of aliphatic hydroxyl groups excluding tert-OH is 5. The van der Waals surface area contributed by atoms with Crippen molar-refractivity contribution in [3.05, 3.63) is 109 Å². The van der Waals surface area contributed by atoms with Crippen LogP contribution in [0, 0.1) is 0 Å². The van der Waals surface area contributed by atoms with Crippen LogP contribution in [0.2, 0.25) is 0 Å². The maximum atomic E-state index is 13.4. The Balaban J connectivity index is 2.72. The summed E-state index contributed by atoms with van der Waals surface area (Å²) in [7, 11) is 0. The summed E-state index contributed by atoms with van der Waals surface area (Å²) in [6.07, 6.45) is 62.7. The van der Waals surface area contributed by atoms with E-state index >= 15 is 0 Å². The highest BCUT2D eigenvalue weighted by Gasteiger charge is 2.47. The predicted octanol–water partition coefficient (Wildman–Crippen LogP) is 14.9. The smallest absolute Gasteiger partial charge is 0.306 e. The zero-order valence-electron chi connectivity index (χ0n) is 49.2. The maximum Gasteiger partial charge on any atom is 0.306 e. The van der Waals surface area contributed by atoms with E-state index in [4.69, 9.17) is 14.2 Å². The maximum absolute atomic E-state index is 13.4. The minimum Gasteiger partial charge on any atom is -0.454 e. The number of allylic oxidation sites excluding steroid dienone is 17. The Hall–Kier alpha value is -3.68. The molecule has 0 radical (unpaired) electrons. The number of esters is 1. The molecule has 0 saturated carbocycles. The van der Waals surface area contributed by atoms with E-state index in [1.807, 2.05) is 18.2 Å². The molecule has 1 aliphatic rings. The summed E-state index contributed by atoms with van der Waals surface area (Å²) in [4.78, 5) is 26.5. The second-order valence-electron chi connectivity index (χ2n) is 21.0. The van der Waals surface area contributed by atoms with Crippen molar-refractivity contribution in [1.82, 2.24) is 5.32 Å². The molecular formula is C67H113NO10. The fraction of sp³-hybridized carbons (Fsp3) is 0.701. The molecule has 11 nitrogen and oxygen atoms in total. The van der Waals surface area contributed by atoms with E-state index in [1.54, 1.807) is 6.08 Å². The summed E-state index contributed by atoms with van der Waals surface area (Å²) in [5, 5.41) is 57.0. The molecule has 446 valence electrons. The number of unbranched alkanes of at least 4 members (excludes halogenated alkanes) is 21. The van der Waals surface area contributed by atoms with Crippen molar-refractivity contribution >= 4 is 11.9 Å². The number of hydrogen-bond donors (Lipinski definition) is 6. The van der Waals surface area contributed by atoms with Crippen LogP contribution in [0.25, 0.3) is 0 Å². The molecule has 11 heteroatoms. The molecule has 78 heavy (non-hydrogen) atoms. The van der Waals surface area contributed by atoms with E-state index in [0.717, 1.165) is 103 Å². The number of carbonyl (C=O) groups excluding carboxylic acids is 2. The van der Waals surface area contributed by atoms with Crippen LogP contribution in [0.15, 0.2) is 109 Å². The quantitative estimate of drug-likeness (QED) is 0.0195. The highest BCUT2D eigenvalue weighted by atomic mass is 16.7. The lowest BCUT2D eigenvalue weighted by Crippen LogP contribution is -2.61. The molecule has 0 bridgehead atoms. The molecule has 1 aliphatic heterocycles. The first-order valence-electron chi connectivity index (χ1n) is 31.2. The van der Waals surface area contributed by atoms with Gasteiger partial charge in [0.15, 0.2) is 12.4 Å². The molecule has 0 aromatic rings. The van der Waals surface area contributed by atoms with Gasteiger partial charge in [-0.15, -0.1) is 0 Å². The van der Waals surface area contributed by atoms with Crippen molar-refractivity contribution in [2.45, 2.75) is 288 Å². The summed E-state index contributed by atoms with van der Waals surface area (Å²) in [5.74, 6) is -1.27. The lowest BCUT2D eigenvalue weighted by Gasteiger charge is -2.41. The Morgan fingerprint density at radius 3 is 1.41 bits per heavy atom. The van der Waals surface area contributed by atoms with E-state index in [0.29, 0.717) is 19.3 Å². The number of hydrogen-bond acceptors (Lipinski definition) is 10. The number of amides is 1. The monoisotopic (exact) mass is 1090 g/mol. The highest BCUT2D eigenvalue weighted by molar-refractivity contribution is 5.80. The van der Waals surface area contributed by atoms with Crippen LogP contribution in [0.1, 0.15) is 239 Å². The summed E-state index contributed by atoms with van der Waals surface area (Å²) < 4.78 is 17.5. The fourth-order valence-corrected chi connectivity index (χ4v) is 8.99. The Morgan fingerprint density at radius 2 is 0.923 bits per heavy atom. The molecule has 1 heterocycles. The second-order valence-corrected chi connectivity index (χ2v) is 21.0. The highest BCUT2D eigenvalue weighted by Crippen LogP contribution is 2.26. The van der Waals surface area contributed by atoms with Crippen LogP contribution in [0.4, 0.5) is 0 Å². The van der Waals surface area contributed by atoms with Gasteiger partial charge in [-0.25, -0.2) is 0 Å². The van der Waals surface area contributed by atoms with E-state index in [9.17, 15) is 35.1 Å². The fourth-order valence-electron chi connectivity index (χ4n) is 8.99. The van der Waals surface area contributed by atoms with Crippen LogP contribution < -0.4 is 5.32 Å². The van der Waals surface area contributed by atoms with Crippen molar-refractivity contribution in [3.8, 4) is 0 Å². The first-order chi connectivity index (χ1) is 38.2. The van der Waals surface area contributed by atoms with Gasteiger partial charge in [0.2, 0.25) is 5.91 Å². The van der Waals surface area contributed by atoms with E-state index in [-0.39, 0.29) is 19.4 Å². The zero-order chi connectivity index (χ0) is 56.8. The molecule has 1 fully saturated rings. The lowest BCUT2D eigenvalue weighted by atomic mass is 9.99. The molecule has 1 saturated heterocycles. The molecule has 8 unspecified atom stereocenters. The van der Waals surface area contributed by atoms with Gasteiger partial charge in [-0.2, -0.15) is 0 Å². The van der Waals surface area contributed by atoms with Crippen molar-refractivity contribution < 1.29 is 49.3 Å². The SMILES string of the molecule is CC/C=C\C/C=C\C/C=C\C/C=C\C/C=C\CCCC(=O)OC1C(OCC(NC(=O)C(O)CCCCCCCCC/C=C\C/C=C\C/C=C\CCCCC)C(O)/C=C/CCCCCCCCCCCC)OC(CO)C(O)C1O. The van der Waals surface area contributed by atoms with Gasteiger partial charge in [0.05, 0.1) is 25.4 Å². The first kappa shape index (κ1) is 72.3. The third-order valence-electron chi connectivity index (χ3n) is 13.9. The summed E-state index contributed by atoms with van der Waals surface area (Å²) in [5.41, 5.74) is 0. The van der Waals surface area contributed by atoms with Crippen LogP contribution in [0.3, 0.4) is 0 Å². The van der Waals surface area contributed by atoms with Gasteiger partial charge in [-0.05, 0) is 103 Å². The summed E-state index contributed by atoms with van der Waals surface area (Å²) >= 11 is 0. The van der Waals surface area contributed by atoms with Gasteiger partial charge >= 0.3 is 5.97 Å². The Bertz CT molecular complexity index is 1680. The minimum atomic E-state index is -1.64. The largest absolute Gasteiger partial charge is 0.454 e. The number of rotatable bonds is 51. The van der Waals surface area contributed by atoms with Crippen molar-refractivity contribution in [1.29, 1.82) is 0 Å². The third kappa shape index (κ3) is 41.3. The predicted molar refractivity (Wildman–Crippen MR) is 324 cm³/mol. The number of carbonyl (C=O) groups is 2. The van der Waals surface area contributed by atoms with Gasteiger partial charge in [-0.3, -0.25) is 9.59 Å². The summed E-state index contributed by atoms with van der Waals surface area (Å²) in [6.45, 7) is 5.60. The molecule has 0 aromatic heterocycles. The Kier molecular flexibility index (Phi) is 50.0. The van der Waals surface area contributed by atoms with Crippen molar-refractivity contribution in [2.24, 2.45) is 0 Å². The van der Waals surface area contributed by atoms with Gasteiger partial charge in [0, 0.05) is 6.42 Å². The molecular weight excluding hydrogens is 979 g/mol. The average Bonchev–Trinajstić information content (AvgIpc) is 3.45. The van der Waals surface area contributed by atoms with Gasteiger partial charge in [0.1, 0.15) is 24.4 Å². The van der Waals surface area contributed by atoms with Crippen LogP contribution >= 0.6 is 0 Å². The second kappa shape index (κ2) is 53.9. The van der Waals surface area contributed by atoms with Gasteiger partial charge in [-0.1, -0.05) is 239 Å². The van der Waals surface area contributed by atoms with Gasteiger partial charge < -0.3 is 45.1 Å². The molecule has 0 aliphatic carbocycles. The van der Waals surface area contributed by atoms with E-state index in [2.05, 4.69) is 111 Å². The van der Waals surface area contributed by atoms with Crippen LogP contribution in [0.5, 0.6) is 0 Å². The van der Waals surface area contributed by atoms with Crippen LogP contribution in [-0.4, -0.2) is 99.6 Å². The molecule has 0 aromatic carbocycles.